The number of hydrogen-bond donors (Lipinski definition) is 0. The third-order valence-electron chi connectivity index (χ3n) is 2.54. The zero-order valence-corrected chi connectivity index (χ0v) is 9.36. The van der Waals surface area contributed by atoms with Crippen molar-refractivity contribution in [3.8, 4) is 11.1 Å². The van der Waals surface area contributed by atoms with Gasteiger partial charge < -0.3 is 0 Å². The van der Waals surface area contributed by atoms with E-state index >= 15 is 0 Å². The topological polar surface area (TPSA) is 30.0 Å². The fourth-order valence-corrected chi connectivity index (χ4v) is 1.61. The molecule has 0 aliphatic carbocycles. The highest BCUT2D eigenvalue weighted by molar-refractivity contribution is 5.87. The largest absolute Gasteiger partial charge is 0.298 e. The molecular formula is C12H3F6NO. The van der Waals surface area contributed by atoms with Crippen LogP contribution in [0.3, 0.4) is 0 Å². The van der Waals surface area contributed by atoms with Gasteiger partial charge in [-0.3, -0.25) is 9.78 Å². The van der Waals surface area contributed by atoms with Gasteiger partial charge in [0.15, 0.2) is 35.4 Å². The second kappa shape index (κ2) is 4.95. The minimum Gasteiger partial charge on any atom is -0.298 e. The number of carbonyl (C=O) groups excluding carboxylic acids is 1. The van der Waals surface area contributed by atoms with Gasteiger partial charge >= 0.3 is 0 Å². The van der Waals surface area contributed by atoms with E-state index in [0.717, 1.165) is 0 Å². The smallest absolute Gasteiger partial charge is 0.200 e. The number of pyridine rings is 1. The fourth-order valence-electron chi connectivity index (χ4n) is 1.61. The number of nitrogens with zero attached hydrogens (tertiary/aromatic N) is 1. The standard InChI is InChI=1S/C12H3F6NO/c13-6-2-19-1-4(5(6)3-20)7-8(14)10(16)12(18)11(17)9(7)15/h1-3H. The van der Waals surface area contributed by atoms with Crippen LogP contribution in [-0.2, 0) is 0 Å². The maximum absolute atomic E-state index is 13.5. The summed E-state index contributed by atoms with van der Waals surface area (Å²) in [6.45, 7) is 0. The molecule has 0 radical (unpaired) electrons. The highest BCUT2D eigenvalue weighted by Crippen LogP contribution is 2.33. The summed E-state index contributed by atoms with van der Waals surface area (Å²) in [4.78, 5) is 13.9. The molecule has 0 amide bonds. The van der Waals surface area contributed by atoms with Gasteiger partial charge in [0, 0.05) is 11.8 Å². The molecule has 1 aromatic heterocycles. The lowest BCUT2D eigenvalue weighted by Gasteiger charge is -2.10. The Morgan fingerprint density at radius 1 is 0.800 bits per heavy atom. The lowest BCUT2D eigenvalue weighted by Crippen LogP contribution is -2.06. The Hall–Kier alpha value is -2.38. The SMILES string of the molecule is O=Cc1c(F)cncc1-c1c(F)c(F)c(F)c(F)c1F. The molecule has 104 valence electrons. The lowest BCUT2D eigenvalue weighted by molar-refractivity contribution is 0.112. The van der Waals surface area contributed by atoms with E-state index in [1.807, 2.05) is 0 Å². The molecule has 0 unspecified atom stereocenters. The first-order valence-corrected chi connectivity index (χ1v) is 5.00. The number of halogens is 6. The number of aldehydes is 1. The Morgan fingerprint density at radius 2 is 1.30 bits per heavy atom. The Kier molecular flexibility index (Phi) is 3.47. The zero-order valence-electron chi connectivity index (χ0n) is 9.36. The van der Waals surface area contributed by atoms with Gasteiger partial charge in [0.25, 0.3) is 0 Å². The molecule has 0 saturated heterocycles. The summed E-state index contributed by atoms with van der Waals surface area (Å²) in [5.41, 5.74) is -3.09. The molecule has 0 aliphatic heterocycles. The average Bonchev–Trinajstić information content (AvgIpc) is 2.43. The Bertz CT molecular complexity index is 687. The lowest BCUT2D eigenvalue weighted by atomic mass is 10.0. The Morgan fingerprint density at radius 3 is 1.80 bits per heavy atom. The van der Waals surface area contributed by atoms with Crippen LogP contribution in [0.15, 0.2) is 12.4 Å². The molecule has 0 bridgehead atoms. The summed E-state index contributed by atoms with van der Waals surface area (Å²) in [7, 11) is 0. The predicted molar refractivity (Wildman–Crippen MR) is 54.8 cm³/mol. The van der Waals surface area contributed by atoms with Crippen molar-refractivity contribution < 1.29 is 31.1 Å². The molecule has 0 aliphatic rings. The van der Waals surface area contributed by atoms with Gasteiger partial charge in [0.1, 0.15) is 0 Å². The van der Waals surface area contributed by atoms with E-state index in [4.69, 9.17) is 0 Å². The van der Waals surface area contributed by atoms with E-state index in [0.29, 0.717) is 12.4 Å². The minimum absolute atomic E-state index is 0.107. The molecule has 2 rings (SSSR count). The van der Waals surface area contributed by atoms with Gasteiger partial charge in [0.2, 0.25) is 5.82 Å². The van der Waals surface area contributed by atoms with Gasteiger partial charge in [-0.25, -0.2) is 26.3 Å². The van der Waals surface area contributed by atoms with Crippen LogP contribution in [-0.4, -0.2) is 11.3 Å². The molecule has 8 heteroatoms. The van der Waals surface area contributed by atoms with Crippen molar-refractivity contribution in [3.63, 3.8) is 0 Å². The van der Waals surface area contributed by atoms with E-state index in [2.05, 4.69) is 4.98 Å². The number of carbonyl (C=O) groups is 1. The fraction of sp³-hybridized carbons (Fsp3) is 0. The van der Waals surface area contributed by atoms with E-state index in [9.17, 15) is 31.1 Å². The van der Waals surface area contributed by atoms with Crippen molar-refractivity contribution in [2.24, 2.45) is 0 Å². The van der Waals surface area contributed by atoms with Crippen molar-refractivity contribution >= 4 is 6.29 Å². The quantitative estimate of drug-likeness (QED) is 0.367. The van der Waals surface area contributed by atoms with Crippen molar-refractivity contribution in [2.75, 3.05) is 0 Å². The zero-order chi connectivity index (χ0) is 15.0. The van der Waals surface area contributed by atoms with Crippen LogP contribution < -0.4 is 0 Å². The highest BCUT2D eigenvalue weighted by Gasteiger charge is 2.28. The minimum atomic E-state index is -2.35. The number of rotatable bonds is 2. The molecular weight excluding hydrogens is 288 g/mol. The normalized spacial score (nSPS) is 10.7. The van der Waals surface area contributed by atoms with Gasteiger partial charge in [0.05, 0.1) is 17.3 Å². The number of benzene rings is 1. The van der Waals surface area contributed by atoms with Gasteiger partial charge in [-0.2, -0.15) is 0 Å². The van der Waals surface area contributed by atoms with Crippen LogP contribution in [0.25, 0.3) is 11.1 Å². The third-order valence-corrected chi connectivity index (χ3v) is 2.54. The average molecular weight is 291 g/mol. The van der Waals surface area contributed by atoms with Crippen molar-refractivity contribution in [2.45, 2.75) is 0 Å². The molecule has 2 aromatic rings. The van der Waals surface area contributed by atoms with Crippen molar-refractivity contribution in [3.05, 3.63) is 52.9 Å². The molecule has 20 heavy (non-hydrogen) atoms. The Balaban J connectivity index is 2.91. The molecule has 1 heterocycles. The monoisotopic (exact) mass is 291 g/mol. The van der Waals surface area contributed by atoms with Crippen LogP contribution in [0.1, 0.15) is 10.4 Å². The first-order valence-electron chi connectivity index (χ1n) is 5.00. The van der Waals surface area contributed by atoms with Crippen molar-refractivity contribution in [1.82, 2.24) is 4.98 Å². The summed E-state index contributed by atoms with van der Waals surface area (Å²) < 4.78 is 79.4. The van der Waals surface area contributed by atoms with E-state index < -0.39 is 51.6 Å². The van der Waals surface area contributed by atoms with Crippen LogP contribution in [0.2, 0.25) is 0 Å². The summed E-state index contributed by atoms with van der Waals surface area (Å²) in [5, 5.41) is 0. The second-order valence-corrected chi connectivity index (χ2v) is 3.65. The first kappa shape index (κ1) is 14.0. The Labute approximate surface area is 107 Å². The maximum atomic E-state index is 13.5. The van der Waals surface area contributed by atoms with E-state index in [-0.39, 0.29) is 6.29 Å². The van der Waals surface area contributed by atoms with E-state index in [1.54, 1.807) is 0 Å². The summed E-state index contributed by atoms with van der Waals surface area (Å²) in [6.07, 6.45) is 1.09. The van der Waals surface area contributed by atoms with Crippen LogP contribution >= 0.6 is 0 Å². The number of aromatic nitrogens is 1. The number of hydrogen-bond acceptors (Lipinski definition) is 2. The van der Waals surface area contributed by atoms with Gasteiger partial charge in [-0.1, -0.05) is 0 Å². The van der Waals surface area contributed by atoms with Crippen LogP contribution in [0.4, 0.5) is 26.3 Å². The van der Waals surface area contributed by atoms with Crippen molar-refractivity contribution in [1.29, 1.82) is 0 Å². The molecule has 2 nitrogen and oxygen atoms in total. The summed E-state index contributed by atoms with van der Waals surface area (Å²) in [5.74, 6) is -12.3. The van der Waals surface area contributed by atoms with Crippen LogP contribution in [0.5, 0.6) is 0 Å². The molecule has 1 aromatic carbocycles. The maximum Gasteiger partial charge on any atom is 0.200 e. The van der Waals surface area contributed by atoms with E-state index in [1.165, 1.54) is 0 Å². The van der Waals surface area contributed by atoms with Crippen LogP contribution in [0, 0.1) is 34.9 Å². The summed E-state index contributed by atoms with van der Waals surface area (Å²) >= 11 is 0. The third kappa shape index (κ3) is 1.93. The highest BCUT2D eigenvalue weighted by atomic mass is 19.2. The molecule has 0 saturated carbocycles. The van der Waals surface area contributed by atoms with Gasteiger partial charge in [-0.15, -0.1) is 0 Å². The molecule has 0 atom stereocenters. The molecule has 0 spiro atoms. The molecule has 0 N–H and O–H groups in total. The summed E-state index contributed by atoms with van der Waals surface area (Å²) in [6, 6.07) is 0. The second-order valence-electron chi connectivity index (χ2n) is 3.65. The first-order chi connectivity index (χ1) is 9.40. The predicted octanol–water partition coefficient (Wildman–Crippen LogP) is 3.40. The van der Waals surface area contributed by atoms with Gasteiger partial charge in [-0.05, 0) is 0 Å². The molecule has 0 fully saturated rings.